The van der Waals surface area contributed by atoms with E-state index in [-0.39, 0.29) is 12.4 Å². The Morgan fingerprint density at radius 2 is 2.00 bits per heavy atom. The second-order valence-electron chi connectivity index (χ2n) is 7.48. The third-order valence-corrected chi connectivity index (χ3v) is 4.87. The van der Waals surface area contributed by atoms with Gasteiger partial charge in [0.05, 0.1) is 25.3 Å². The fraction of sp³-hybridized carbons (Fsp3) is 0.391. The molecule has 1 saturated heterocycles. The van der Waals surface area contributed by atoms with Crippen molar-refractivity contribution in [3.05, 3.63) is 53.2 Å². The van der Waals surface area contributed by atoms with Crippen molar-refractivity contribution in [3.8, 4) is 17.0 Å². The van der Waals surface area contributed by atoms with Crippen LogP contribution in [0.4, 0.5) is 0 Å². The van der Waals surface area contributed by atoms with Gasteiger partial charge in [0.1, 0.15) is 11.9 Å². The third kappa shape index (κ3) is 4.60. The molecule has 28 heavy (non-hydrogen) atoms. The molecule has 0 saturated carbocycles. The lowest BCUT2D eigenvalue weighted by Crippen LogP contribution is -2.31. The van der Waals surface area contributed by atoms with Gasteiger partial charge in [0.15, 0.2) is 0 Å². The molecule has 1 aliphatic rings. The molecule has 1 aliphatic heterocycles. The normalized spacial score (nSPS) is 19.9. The summed E-state index contributed by atoms with van der Waals surface area (Å²) in [6, 6.07) is 9.92. The fourth-order valence-electron chi connectivity index (χ4n) is 3.46. The van der Waals surface area contributed by atoms with Gasteiger partial charge in [0, 0.05) is 23.2 Å². The number of benzene rings is 1. The van der Waals surface area contributed by atoms with Crippen LogP contribution in [0.5, 0.6) is 5.75 Å². The molecule has 2 atom stereocenters. The molecule has 1 aromatic heterocycles. The maximum absolute atomic E-state index is 11.6. The van der Waals surface area contributed by atoms with E-state index in [1.165, 1.54) is 5.56 Å². The first-order valence-corrected chi connectivity index (χ1v) is 9.59. The molecule has 3 rings (SSSR count). The summed E-state index contributed by atoms with van der Waals surface area (Å²) in [5.41, 5.74) is 5.00. The summed E-state index contributed by atoms with van der Waals surface area (Å²) in [6.07, 6.45) is 3.21. The molecule has 0 spiro atoms. The van der Waals surface area contributed by atoms with Crippen LogP contribution in [0.15, 0.2) is 36.4 Å². The maximum atomic E-state index is 11.6. The Morgan fingerprint density at radius 3 is 2.61 bits per heavy atom. The Labute approximate surface area is 166 Å². The highest BCUT2D eigenvalue weighted by atomic mass is 16.5. The van der Waals surface area contributed by atoms with E-state index in [1.54, 1.807) is 7.11 Å². The van der Waals surface area contributed by atoms with Crippen molar-refractivity contribution in [1.29, 1.82) is 0 Å². The SMILES string of the molecule is COc1ccc(-c2nc(C)cc(C(C)C)c2/C=C/[C@@H]2C[C@@H](O)CC(=O)O2)cc1. The van der Waals surface area contributed by atoms with Crippen LogP contribution in [-0.2, 0) is 9.53 Å². The highest BCUT2D eigenvalue weighted by Crippen LogP contribution is 2.32. The van der Waals surface area contributed by atoms with Crippen molar-refractivity contribution in [1.82, 2.24) is 4.98 Å². The second kappa shape index (κ2) is 8.57. The molecule has 0 unspecified atom stereocenters. The van der Waals surface area contributed by atoms with Crippen LogP contribution in [0.3, 0.4) is 0 Å². The molecule has 0 amide bonds. The molecule has 5 nitrogen and oxygen atoms in total. The molecule has 5 heteroatoms. The molecule has 2 heterocycles. The first kappa shape index (κ1) is 20.1. The molecule has 1 aromatic carbocycles. The van der Waals surface area contributed by atoms with E-state index in [0.29, 0.717) is 12.3 Å². The largest absolute Gasteiger partial charge is 0.497 e. The number of pyridine rings is 1. The summed E-state index contributed by atoms with van der Waals surface area (Å²) in [5.74, 6) is 0.730. The molecule has 148 valence electrons. The van der Waals surface area contributed by atoms with Gasteiger partial charge in [-0.3, -0.25) is 9.78 Å². The van der Waals surface area contributed by atoms with Gasteiger partial charge < -0.3 is 14.6 Å². The number of rotatable bonds is 5. The van der Waals surface area contributed by atoms with Crippen LogP contribution in [0.1, 0.15) is 49.4 Å². The number of esters is 1. The summed E-state index contributed by atoms with van der Waals surface area (Å²) < 4.78 is 10.6. The van der Waals surface area contributed by atoms with Crippen LogP contribution in [0, 0.1) is 6.92 Å². The van der Waals surface area contributed by atoms with Crippen molar-refractivity contribution in [2.45, 2.75) is 51.7 Å². The average molecular weight is 381 g/mol. The van der Waals surface area contributed by atoms with Crippen LogP contribution >= 0.6 is 0 Å². The molecule has 0 bridgehead atoms. The van der Waals surface area contributed by atoms with E-state index in [1.807, 2.05) is 43.3 Å². The van der Waals surface area contributed by atoms with Crippen LogP contribution in [0.2, 0.25) is 0 Å². The molecule has 2 aromatic rings. The van der Waals surface area contributed by atoms with Crippen molar-refractivity contribution < 1.29 is 19.4 Å². The minimum absolute atomic E-state index is 0.0603. The summed E-state index contributed by atoms with van der Waals surface area (Å²) in [7, 11) is 1.64. The Morgan fingerprint density at radius 1 is 1.29 bits per heavy atom. The Hall–Kier alpha value is -2.66. The fourth-order valence-corrected chi connectivity index (χ4v) is 3.46. The Kier molecular flexibility index (Phi) is 6.15. The molecule has 1 N–H and O–H groups in total. The summed E-state index contributed by atoms with van der Waals surface area (Å²) in [5, 5.41) is 9.85. The second-order valence-corrected chi connectivity index (χ2v) is 7.48. The first-order chi connectivity index (χ1) is 13.4. The molecular weight excluding hydrogens is 354 g/mol. The Balaban J connectivity index is 2.04. The van der Waals surface area contributed by atoms with Crippen molar-refractivity contribution in [2.24, 2.45) is 0 Å². The lowest BCUT2D eigenvalue weighted by Gasteiger charge is -2.24. The van der Waals surface area contributed by atoms with E-state index < -0.39 is 12.2 Å². The number of cyclic esters (lactones) is 1. The van der Waals surface area contributed by atoms with Crippen LogP contribution in [-0.4, -0.2) is 35.4 Å². The highest BCUT2D eigenvalue weighted by Gasteiger charge is 2.25. The number of hydrogen-bond acceptors (Lipinski definition) is 5. The number of carbonyl (C=O) groups excluding carboxylic acids is 1. The van der Waals surface area contributed by atoms with Gasteiger partial charge in [0.2, 0.25) is 0 Å². The zero-order valence-corrected chi connectivity index (χ0v) is 16.8. The predicted octanol–water partition coefficient (Wildman–Crippen LogP) is 4.27. The minimum atomic E-state index is -0.655. The number of hydrogen-bond donors (Lipinski definition) is 1. The van der Waals surface area contributed by atoms with Gasteiger partial charge in [-0.2, -0.15) is 0 Å². The van der Waals surface area contributed by atoms with E-state index in [0.717, 1.165) is 28.3 Å². The first-order valence-electron chi connectivity index (χ1n) is 9.59. The van der Waals surface area contributed by atoms with Gasteiger partial charge in [-0.05, 0) is 54.8 Å². The quantitative estimate of drug-likeness (QED) is 0.784. The number of carbonyl (C=O) groups is 1. The molecule has 0 radical (unpaired) electrons. The van der Waals surface area contributed by atoms with E-state index >= 15 is 0 Å². The van der Waals surface area contributed by atoms with Crippen molar-refractivity contribution >= 4 is 12.0 Å². The van der Waals surface area contributed by atoms with Gasteiger partial charge in [-0.1, -0.05) is 19.9 Å². The van der Waals surface area contributed by atoms with E-state index in [4.69, 9.17) is 14.5 Å². The molecule has 1 fully saturated rings. The number of aliphatic hydroxyl groups is 1. The van der Waals surface area contributed by atoms with E-state index in [2.05, 4.69) is 19.9 Å². The summed E-state index contributed by atoms with van der Waals surface area (Å²) in [6.45, 7) is 6.29. The maximum Gasteiger partial charge on any atom is 0.309 e. The standard InChI is InChI=1S/C23H27NO4/c1-14(2)21-11-15(3)24-23(16-5-7-18(27-4)8-6-16)20(21)10-9-19-12-17(25)13-22(26)28-19/h5-11,14,17,19,25H,12-13H2,1-4H3/b10-9+/t17-,19-/m1/s1. The van der Waals surface area contributed by atoms with Crippen LogP contribution < -0.4 is 4.74 Å². The lowest BCUT2D eigenvalue weighted by atomic mass is 9.92. The van der Waals surface area contributed by atoms with Gasteiger partial charge >= 0.3 is 5.97 Å². The van der Waals surface area contributed by atoms with Crippen LogP contribution in [0.25, 0.3) is 17.3 Å². The molecular formula is C23H27NO4. The summed E-state index contributed by atoms with van der Waals surface area (Å²) >= 11 is 0. The number of aryl methyl sites for hydroxylation is 1. The van der Waals surface area contributed by atoms with Crippen molar-refractivity contribution in [2.75, 3.05) is 7.11 Å². The highest BCUT2D eigenvalue weighted by molar-refractivity contribution is 5.76. The zero-order chi connectivity index (χ0) is 20.3. The molecule has 0 aliphatic carbocycles. The van der Waals surface area contributed by atoms with Crippen molar-refractivity contribution in [3.63, 3.8) is 0 Å². The van der Waals surface area contributed by atoms with Gasteiger partial charge in [0.25, 0.3) is 0 Å². The minimum Gasteiger partial charge on any atom is -0.497 e. The average Bonchev–Trinajstić information content (AvgIpc) is 2.65. The predicted molar refractivity (Wildman–Crippen MR) is 109 cm³/mol. The smallest absolute Gasteiger partial charge is 0.309 e. The Bertz CT molecular complexity index is 871. The number of methoxy groups -OCH3 is 1. The lowest BCUT2D eigenvalue weighted by molar-refractivity contribution is -0.156. The van der Waals surface area contributed by atoms with Gasteiger partial charge in [-0.25, -0.2) is 0 Å². The number of nitrogens with zero attached hydrogens (tertiary/aromatic N) is 1. The monoisotopic (exact) mass is 381 g/mol. The van der Waals surface area contributed by atoms with E-state index in [9.17, 15) is 9.90 Å². The zero-order valence-electron chi connectivity index (χ0n) is 16.8. The number of ether oxygens (including phenoxy) is 2. The number of aliphatic hydroxyl groups excluding tert-OH is 1. The topological polar surface area (TPSA) is 68.7 Å². The summed E-state index contributed by atoms with van der Waals surface area (Å²) in [4.78, 5) is 16.4. The third-order valence-electron chi connectivity index (χ3n) is 4.87. The number of aromatic nitrogens is 1. The van der Waals surface area contributed by atoms with Gasteiger partial charge in [-0.15, -0.1) is 0 Å².